The van der Waals surface area contributed by atoms with Gasteiger partial charge in [0.1, 0.15) is 17.3 Å². The zero-order chi connectivity index (χ0) is 15.6. The molecule has 21 heavy (non-hydrogen) atoms. The SMILES string of the molecule is Nc1c(C(=O)Nc2ccc(F)cc2F)cccc1[N+](=O)[O-]. The van der Waals surface area contributed by atoms with Crippen LogP contribution in [0.15, 0.2) is 36.4 Å². The van der Waals surface area contributed by atoms with Crippen molar-refractivity contribution in [3.05, 3.63) is 63.7 Å². The van der Waals surface area contributed by atoms with Crippen molar-refractivity contribution in [1.29, 1.82) is 0 Å². The Morgan fingerprint density at radius 2 is 1.95 bits per heavy atom. The topological polar surface area (TPSA) is 98.3 Å². The van der Waals surface area contributed by atoms with Crippen LogP contribution >= 0.6 is 0 Å². The van der Waals surface area contributed by atoms with E-state index in [0.29, 0.717) is 6.07 Å². The number of hydrogen-bond donors (Lipinski definition) is 2. The van der Waals surface area contributed by atoms with Crippen LogP contribution in [0.2, 0.25) is 0 Å². The molecule has 0 radical (unpaired) electrons. The zero-order valence-electron chi connectivity index (χ0n) is 10.5. The summed E-state index contributed by atoms with van der Waals surface area (Å²) in [6.07, 6.45) is 0. The normalized spacial score (nSPS) is 10.2. The Hall–Kier alpha value is -3.03. The summed E-state index contributed by atoms with van der Waals surface area (Å²) in [6, 6.07) is 6.30. The summed E-state index contributed by atoms with van der Waals surface area (Å²) in [5, 5.41) is 12.9. The second kappa shape index (κ2) is 5.53. The van der Waals surface area contributed by atoms with Crippen LogP contribution in [-0.2, 0) is 0 Å². The molecule has 2 aromatic rings. The number of para-hydroxylation sites is 1. The first-order valence-electron chi connectivity index (χ1n) is 5.69. The number of anilines is 2. The fraction of sp³-hybridized carbons (Fsp3) is 0. The summed E-state index contributed by atoms with van der Waals surface area (Å²) in [5.74, 6) is -2.59. The molecule has 0 saturated carbocycles. The summed E-state index contributed by atoms with van der Waals surface area (Å²) < 4.78 is 26.2. The molecule has 0 fully saturated rings. The number of benzene rings is 2. The number of carbonyl (C=O) groups is 1. The fourth-order valence-electron chi connectivity index (χ4n) is 1.69. The molecule has 0 aromatic heterocycles. The number of hydrogen-bond acceptors (Lipinski definition) is 4. The first-order valence-corrected chi connectivity index (χ1v) is 5.69. The molecule has 0 bridgehead atoms. The van der Waals surface area contributed by atoms with Gasteiger partial charge < -0.3 is 11.1 Å². The van der Waals surface area contributed by atoms with Gasteiger partial charge in [-0.05, 0) is 18.2 Å². The lowest BCUT2D eigenvalue weighted by Gasteiger charge is -2.08. The lowest BCUT2D eigenvalue weighted by atomic mass is 10.1. The summed E-state index contributed by atoms with van der Waals surface area (Å²) in [6.45, 7) is 0. The molecule has 0 atom stereocenters. The lowest BCUT2D eigenvalue weighted by molar-refractivity contribution is -0.383. The number of nitrogens with zero attached hydrogens (tertiary/aromatic N) is 1. The largest absolute Gasteiger partial charge is 0.393 e. The van der Waals surface area contributed by atoms with Crippen molar-refractivity contribution in [1.82, 2.24) is 0 Å². The van der Waals surface area contributed by atoms with Gasteiger partial charge in [-0.3, -0.25) is 14.9 Å². The van der Waals surface area contributed by atoms with Crippen molar-refractivity contribution in [2.75, 3.05) is 11.1 Å². The maximum Gasteiger partial charge on any atom is 0.292 e. The minimum Gasteiger partial charge on any atom is -0.393 e. The molecule has 8 heteroatoms. The number of nitro benzene ring substituents is 1. The molecular weight excluding hydrogens is 284 g/mol. The van der Waals surface area contributed by atoms with Gasteiger partial charge in [-0.2, -0.15) is 0 Å². The summed E-state index contributed by atoms with van der Waals surface area (Å²) >= 11 is 0. The average molecular weight is 293 g/mol. The van der Waals surface area contributed by atoms with E-state index in [2.05, 4.69) is 5.32 Å². The maximum absolute atomic E-state index is 13.4. The van der Waals surface area contributed by atoms with E-state index in [9.17, 15) is 23.7 Å². The number of nitro groups is 1. The molecule has 0 spiro atoms. The molecule has 108 valence electrons. The second-order valence-electron chi connectivity index (χ2n) is 4.07. The maximum atomic E-state index is 13.4. The van der Waals surface area contributed by atoms with Crippen molar-refractivity contribution in [3.63, 3.8) is 0 Å². The highest BCUT2D eigenvalue weighted by molar-refractivity contribution is 6.08. The van der Waals surface area contributed by atoms with E-state index in [1.165, 1.54) is 12.1 Å². The number of nitrogens with one attached hydrogen (secondary N) is 1. The molecule has 3 N–H and O–H groups in total. The van der Waals surface area contributed by atoms with Crippen LogP contribution in [0, 0.1) is 21.7 Å². The number of nitrogen functional groups attached to an aromatic ring is 1. The van der Waals surface area contributed by atoms with Gasteiger partial charge in [0.15, 0.2) is 0 Å². The third-order valence-electron chi connectivity index (χ3n) is 2.70. The van der Waals surface area contributed by atoms with Crippen molar-refractivity contribution in [3.8, 4) is 0 Å². The number of carbonyl (C=O) groups excluding carboxylic acids is 1. The van der Waals surface area contributed by atoms with Crippen molar-refractivity contribution in [2.24, 2.45) is 0 Å². The van der Waals surface area contributed by atoms with Gasteiger partial charge in [-0.25, -0.2) is 8.78 Å². The van der Waals surface area contributed by atoms with Gasteiger partial charge in [0.2, 0.25) is 0 Å². The van der Waals surface area contributed by atoms with Crippen LogP contribution < -0.4 is 11.1 Å². The smallest absolute Gasteiger partial charge is 0.292 e. The van der Waals surface area contributed by atoms with Gasteiger partial charge in [-0.15, -0.1) is 0 Å². The molecule has 0 saturated heterocycles. The number of nitrogens with two attached hydrogens (primary N) is 1. The Morgan fingerprint density at radius 1 is 1.24 bits per heavy atom. The van der Waals surface area contributed by atoms with Crippen LogP contribution in [0.1, 0.15) is 10.4 Å². The fourth-order valence-corrected chi connectivity index (χ4v) is 1.69. The van der Waals surface area contributed by atoms with E-state index < -0.39 is 28.2 Å². The second-order valence-corrected chi connectivity index (χ2v) is 4.07. The van der Waals surface area contributed by atoms with Crippen LogP contribution in [0.5, 0.6) is 0 Å². The predicted octanol–water partition coefficient (Wildman–Crippen LogP) is 2.71. The Labute approximate surface area is 117 Å². The highest BCUT2D eigenvalue weighted by atomic mass is 19.1. The molecule has 1 amide bonds. The van der Waals surface area contributed by atoms with Crippen LogP contribution in [-0.4, -0.2) is 10.8 Å². The summed E-state index contributed by atoms with van der Waals surface area (Å²) in [4.78, 5) is 22.0. The van der Waals surface area contributed by atoms with Crippen LogP contribution in [0.4, 0.5) is 25.8 Å². The predicted molar refractivity (Wildman–Crippen MR) is 71.8 cm³/mol. The third-order valence-corrected chi connectivity index (χ3v) is 2.70. The zero-order valence-corrected chi connectivity index (χ0v) is 10.5. The molecule has 2 rings (SSSR count). The van der Waals surface area contributed by atoms with Crippen molar-refractivity contribution in [2.45, 2.75) is 0 Å². The number of halogens is 2. The summed E-state index contributed by atoms with van der Waals surface area (Å²) in [7, 11) is 0. The molecule has 6 nitrogen and oxygen atoms in total. The van der Waals surface area contributed by atoms with Gasteiger partial charge in [0.05, 0.1) is 16.2 Å². The highest BCUT2D eigenvalue weighted by Crippen LogP contribution is 2.26. The monoisotopic (exact) mass is 293 g/mol. The third kappa shape index (κ3) is 2.94. The van der Waals surface area contributed by atoms with Crippen molar-refractivity contribution < 1.29 is 18.5 Å². The Bertz CT molecular complexity index is 735. The molecule has 2 aromatic carbocycles. The minimum absolute atomic E-state index is 0.173. The van der Waals surface area contributed by atoms with Crippen LogP contribution in [0.3, 0.4) is 0 Å². The van der Waals surface area contributed by atoms with Gasteiger partial charge in [0, 0.05) is 12.1 Å². The standard InChI is InChI=1S/C13H9F2N3O3/c14-7-4-5-10(9(15)6-7)17-13(19)8-2-1-3-11(12(8)16)18(20)21/h1-6H,16H2,(H,17,19). The van der Waals surface area contributed by atoms with Crippen LogP contribution in [0.25, 0.3) is 0 Å². The van der Waals surface area contributed by atoms with Gasteiger partial charge >= 0.3 is 0 Å². The molecule has 0 aliphatic rings. The first kappa shape index (κ1) is 14.4. The average Bonchev–Trinajstić information content (AvgIpc) is 2.41. The minimum atomic E-state index is -0.965. The van der Waals surface area contributed by atoms with Crippen molar-refractivity contribution >= 4 is 23.0 Å². The lowest BCUT2D eigenvalue weighted by Crippen LogP contribution is -2.15. The molecular formula is C13H9F2N3O3. The number of amides is 1. The Kier molecular flexibility index (Phi) is 3.79. The van der Waals surface area contributed by atoms with E-state index in [1.54, 1.807) is 0 Å². The van der Waals surface area contributed by atoms with E-state index in [1.807, 2.05) is 0 Å². The Balaban J connectivity index is 2.33. The van der Waals surface area contributed by atoms with E-state index in [-0.39, 0.29) is 16.9 Å². The Morgan fingerprint density at radius 3 is 2.57 bits per heavy atom. The molecule has 0 aliphatic carbocycles. The molecule has 0 heterocycles. The summed E-state index contributed by atoms with van der Waals surface area (Å²) in [5.41, 5.74) is 4.35. The van der Waals surface area contributed by atoms with Gasteiger partial charge in [-0.1, -0.05) is 6.07 Å². The first-order chi connectivity index (χ1) is 9.90. The van der Waals surface area contributed by atoms with E-state index in [0.717, 1.165) is 18.2 Å². The molecule has 0 aliphatic heterocycles. The quantitative estimate of drug-likeness (QED) is 0.516. The van der Waals surface area contributed by atoms with E-state index >= 15 is 0 Å². The van der Waals surface area contributed by atoms with E-state index in [4.69, 9.17) is 5.73 Å². The number of rotatable bonds is 3. The molecule has 0 unspecified atom stereocenters. The highest BCUT2D eigenvalue weighted by Gasteiger charge is 2.19. The van der Waals surface area contributed by atoms with Gasteiger partial charge in [0.25, 0.3) is 11.6 Å².